The maximum Gasteiger partial charge on any atom is 0.224 e. The highest BCUT2D eigenvalue weighted by atomic mass is 32.2. The third-order valence-electron chi connectivity index (χ3n) is 4.01. The second-order valence-electron chi connectivity index (χ2n) is 5.84. The molecule has 3 rings (SSSR count). The van der Waals surface area contributed by atoms with Gasteiger partial charge in [-0.3, -0.25) is 4.79 Å². The molecule has 2 aromatic carbocycles. The smallest absolute Gasteiger partial charge is 0.224 e. The predicted molar refractivity (Wildman–Crippen MR) is 104 cm³/mol. The molecule has 0 aliphatic carbocycles. The Balaban J connectivity index is 1.78. The van der Waals surface area contributed by atoms with Crippen LogP contribution in [0.25, 0.3) is 0 Å². The summed E-state index contributed by atoms with van der Waals surface area (Å²) in [5.74, 6) is -0.196. The fourth-order valence-electron chi connectivity index (χ4n) is 2.69. The Morgan fingerprint density at radius 3 is 2.19 bits per heavy atom. The molecule has 1 aromatic heterocycles. The first kappa shape index (κ1) is 18.4. The number of sulfone groups is 1. The second-order valence-corrected chi connectivity index (χ2v) is 9.15. The summed E-state index contributed by atoms with van der Waals surface area (Å²) in [4.78, 5) is 12.3. The number of carbonyl (C=O) groups excluding carboxylic acids is 1. The van der Waals surface area contributed by atoms with Crippen LogP contribution in [0.2, 0.25) is 0 Å². The largest absolute Gasteiger partial charge is 0.354 e. The summed E-state index contributed by atoms with van der Waals surface area (Å²) in [6, 6.07) is 21.7. The normalized spacial score (nSPS) is 12.5. The number of hydrogen-bond donors (Lipinski definition) is 1. The summed E-state index contributed by atoms with van der Waals surface area (Å²) in [6.07, 6.45) is 0.224. The molecule has 1 atom stereocenters. The molecule has 0 radical (unpaired) electrons. The van der Waals surface area contributed by atoms with Gasteiger partial charge < -0.3 is 5.32 Å². The van der Waals surface area contributed by atoms with E-state index in [2.05, 4.69) is 5.32 Å². The minimum Gasteiger partial charge on any atom is -0.354 e. The first-order valence-corrected chi connectivity index (χ1v) is 10.6. The number of hydrogen-bond acceptors (Lipinski definition) is 4. The zero-order chi connectivity index (χ0) is 18.4. The maximum absolute atomic E-state index is 13.0. The Morgan fingerprint density at radius 2 is 1.58 bits per heavy atom. The van der Waals surface area contributed by atoms with Crippen LogP contribution in [0.15, 0.2) is 82.4 Å². The first-order valence-electron chi connectivity index (χ1n) is 8.20. The lowest BCUT2D eigenvalue weighted by Gasteiger charge is -2.18. The van der Waals surface area contributed by atoms with Crippen molar-refractivity contribution in [1.82, 2.24) is 5.32 Å². The summed E-state index contributed by atoms with van der Waals surface area (Å²) in [5.41, 5.74) is 1.56. The number of amides is 1. The van der Waals surface area contributed by atoms with Gasteiger partial charge in [0.2, 0.25) is 5.91 Å². The minimum absolute atomic E-state index is 0.0376. The fourth-order valence-corrected chi connectivity index (χ4v) is 5.56. The van der Waals surface area contributed by atoms with Crippen LogP contribution in [0.4, 0.5) is 0 Å². The zero-order valence-corrected chi connectivity index (χ0v) is 15.7. The number of thiophene rings is 1. The van der Waals surface area contributed by atoms with Crippen molar-refractivity contribution in [3.05, 3.63) is 89.3 Å². The third kappa shape index (κ3) is 4.39. The molecule has 0 aliphatic heterocycles. The van der Waals surface area contributed by atoms with Crippen LogP contribution in [-0.2, 0) is 21.1 Å². The Bertz CT molecular complexity index is 937. The number of nitrogens with one attached hydrogen (secondary N) is 1. The van der Waals surface area contributed by atoms with Gasteiger partial charge >= 0.3 is 0 Å². The highest BCUT2D eigenvalue weighted by molar-refractivity contribution is 7.93. The van der Waals surface area contributed by atoms with Gasteiger partial charge in [-0.1, -0.05) is 66.7 Å². The van der Waals surface area contributed by atoms with E-state index in [1.54, 1.807) is 41.8 Å². The number of benzene rings is 2. The van der Waals surface area contributed by atoms with E-state index in [1.807, 2.05) is 36.4 Å². The molecule has 26 heavy (non-hydrogen) atoms. The Hall–Kier alpha value is -2.44. The van der Waals surface area contributed by atoms with Crippen LogP contribution >= 0.6 is 11.3 Å². The van der Waals surface area contributed by atoms with Crippen molar-refractivity contribution in [2.75, 3.05) is 6.54 Å². The number of carbonyl (C=O) groups is 1. The predicted octanol–water partition coefficient (Wildman–Crippen LogP) is 3.62. The van der Waals surface area contributed by atoms with E-state index < -0.39 is 15.1 Å². The van der Waals surface area contributed by atoms with E-state index in [0.717, 1.165) is 5.56 Å². The molecule has 1 heterocycles. The maximum atomic E-state index is 13.0. The van der Waals surface area contributed by atoms with Gasteiger partial charge in [-0.05, 0) is 22.6 Å². The molecule has 4 nitrogen and oxygen atoms in total. The van der Waals surface area contributed by atoms with Crippen molar-refractivity contribution in [3.63, 3.8) is 0 Å². The lowest BCUT2D eigenvalue weighted by Crippen LogP contribution is -2.32. The van der Waals surface area contributed by atoms with E-state index in [9.17, 15) is 13.2 Å². The van der Waals surface area contributed by atoms with E-state index in [1.165, 1.54) is 11.3 Å². The van der Waals surface area contributed by atoms with Crippen LogP contribution in [0.3, 0.4) is 0 Å². The standard InChI is InChI=1S/C20H19NO3S2/c22-19(14-16-8-3-1-4-9-16)21-15-18(17-10-5-2-6-11-17)26(23,24)20-12-7-13-25-20/h1-13,18H,14-15H2,(H,21,22)/t18-/m0/s1. The molecule has 0 aliphatic rings. The molecule has 3 aromatic rings. The minimum atomic E-state index is -3.58. The quantitative estimate of drug-likeness (QED) is 0.676. The molecule has 0 fully saturated rings. The lowest BCUT2D eigenvalue weighted by atomic mass is 10.1. The van der Waals surface area contributed by atoms with E-state index in [4.69, 9.17) is 0 Å². The van der Waals surface area contributed by atoms with E-state index in [0.29, 0.717) is 9.77 Å². The second kappa shape index (κ2) is 8.29. The Morgan fingerprint density at radius 1 is 0.923 bits per heavy atom. The van der Waals surface area contributed by atoms with Gasteiger partial charge in [0.1, 0.15) is 9.46 Å². The van der Waals surface area contributed by atoms with Crippen molar-refractivity contribution in [2.24, 2.45) is 0 Å². The fraction of sp³-hybridized carbons (Fsp3) is 0.150. The summed E-state index contributed by atoms with van der Waals surface area (Å²) in [6.45, 7) is 0.0376. The first-order chi connectivity index (χ1) is 12.6. The monoisotopic (exact) mass is 385 g/mol. The van der Waals surface area contributed by atoms with E-state index in [-0.39, 0.29) is 18.9 Å². The molecule has 0 saturated heterocycles. The van der Waals surface area contributed by atoms with Crippen LogP contribution in [-0.4, -0.2) is 20.9 Å². The summed E-state index contributed by atoms with van der Waals surface area (Å²) in [5, 5.41) is 3.71. The molecule has 1 amide bonds. The molecular formula is C20H19NO3S2. The van der Waals surface area contributed by atoms with Crippen LogP contribution < -0.4 is 5.32 Å². The number of rotatable bonds is 7. The summed E-state index contributed by atoms with van der Waals surface area (Å²) >= 11 is 1.19. The van der Waals surface area contributed by atoms with Crippen LogP contribution in [0.5, 0.6) is 0 Å². The molecule has 6 heteroatoms. The van der Waals surface area contributed by atoms with Crippen LogP contribution in [0.1, 0.15) is 16.4 Å². The molecule has 0 spiro atoms. The van der Waals surface area contributed by atoms with Gasteiger partial charge in [0, 0.05) is 6.54 Å². The van der Waals surface area contributed by atoms with Crippen LogP contribution in [0, 0.1) is 0 Å². The zero-order valence-electron chi connectivity index (χ0n) is 14.0. The van der Waals surface area contributed by atoms with Gasteiger partial charge in [-0.2, -0.15) is 0 Å². The van der Waals surface area contributed by atoms with Crippen molar-refractivity contribution >= 4 is 27.1 Å². The summed E-state index contributed by atoms with van der Waals surface area (Å²) in [7, 11) is -3.58. The van der Waals surface area contributed by atoms with Crippen molar-refractivity contribution < 1.29 is 13.2 Å². The Kier molecular flexibility index (Phi) is 5.85. The third-order valence-corrected chi connectivity index (χ3v) is 7.55. The van der Waals surface area contributed by atoms with Gasteiger partial charge in [0.05, 0.1) is 6.42 Å². The van der Waals surface area contributed by atoms with Crippen molar-refractivity contribution in [3.8, 4) is 0 Å². The van der Waals surface area contributed by atoms with Gasteiger partial charge in [0.25, 0.3) is 0 Å². The van der Waals surface area contributed by atoms with Gasteiger partial charge in [-0.25, -0.2) is 8.42 Å². The van der Waals surface area contributed by atoms with E-state index >= 15 is 0 Å². The highest BCUT2D eigenvalue weighted by Crippen LogP contribution is 2.31. The molecule has 134 valence electrons. The average molecular weight is 386 g/mol. The van der Waals surface area contributed by atoms with Gasteiger partial charge in [-0.15, -0.1) is 11.3 Å². The van der Waals surface area contributed by atoms with Gasteiger partial charge in [0.15, 0.2) is 9.84 Å². The van der Waals surface area contributed by atoms with Crippen molar-refractivity contribution in [2.45, 2.75) is 15.9 Å². The average Bonchev–Trinajstić information content (AvgIpc) is 3.19. The SMILES string of the molecule is O=C(Cc1ccccc1)NC[C@@H](c1ccccc1)S(=O)(=O)c1cccs1. The molecule has 0 bridgehead atoms. The molecular weight excluding hydrogens is 366 g/mol. The van der Waals surface area contributed by atoms with Crippen molar-refractivity contribution in [1.29, 1.82) is 0 Å². The molecule has 0 unspecified atom stereocenters. The molecule has 0 saturated carbocycles. The molecule has 1 N–H and O–H groups in total. The lowest BCUT2D eigenvalue weighted by molar-refractivity contribution is -0.120. The highest BCUT2D eigenvalue weighted by Gasteiger charge is 2.30. The Labute approximate surface area is 157 Å². The topological polar surface area (TPSA) is 63.2 Å². The summed E-state index contributed by atoms with van der Waals surface area (Å²) < 4.78 is 26.4.